The van der Waals surface area contributed by atoms with Gasteiger partial charge >= 0.3 is 0 Å². The van der Waals surface area contributed by atoms with Gasteiger partial charge in [-0.2, -0.15) is 5.10 Å². The molecule has 0 saturated carbocycles. The fraction of sp³-hybridized carbons (Fsp3) is 0.318. The van der Waals surface area contributed by atoms with Gasteiger partial charge in [-0.15, -0.1) is 0 Å². The van der Waals surface area contributed by atoms with Gasteiger partial charge in [0.15, 0.2) is 5.82 Å². The van der Waals surface area contributed by atoms with Crippen LogP contribution in [-0.2, 0) is 34.2 Å². The van der Waals surface area contributed by atoms with Crippen molar-refractivity contribution in [3.8, 4) is 0 Å². The van der Waals surface area contributed by atoms with E-state index in [4.69, 9.17) is 0 Å². The molecule has 1 aliphatic carbocycles. The minimum atomic E-state index is -3.65. The summed E-state index contributed by atoms with van der Waals surface area (Å²) >= 11 is 0. The number of aryl methyl sites for hydroxylation is 2. The largest absolute Gasteiger partial charge is 0.309 e. The molecule has 0 unspecified atom stereocenters. The monoisotopic (exact) mass is 439 g/mol. The van der Waals surface area contributed by atoms with Crippen LogP contribution < -0.4 is 10.0 Å². The molecule has 1 aliphatic rings. The minimum Gasteiger partial charge on any atom is -0.309 e. The maximum Gasteiger partial charge on any atom is 0.240 e. The third-order valence-corrected chi connectivity index (χ3v) is 6.74. The Morgan fingerprint density at radius 1 is 1.03 bits per heavy atom. The Morgan fingerprint density at radius 3 is 2.61 bits per heavy atom. The Bertz CT molecular complexity index is 1160. The van der Waals surface area contributed by atoms with Gasteiger partial charge in [0.1, 0.15) is 0 Å². The average molecular weight is 440 g/mol. The number of fused-ring (bicyclic) bond motifs is 1. The molecule has 8 nitrogen and oxygen atoms in total. The lowest BCUT2D eigenvalue weighted by molar-refractivity contribution is -0.116. The molecule has 0 atom stereocenters. The Labute approximate surface area is 181 Å². The van der Waals surface area contributed by atoms with Gasteiger partial charge in [0.05, 0.1) is 11.4 Å². The molecular weight excluding hydrogens is 414 g/mol. The highest BCUT2D eigenvalue weighted by molar-refractivity contribution is 7.89. The van der Waals surface area contributed by atoms with Crippen molar-refractivity contribution in [2.45, 2.75) is 43.5 Å². The zero-order valence-corrected chi connectivity index (χ0v) is 17.9. The first-order valence-electron chi connectivity index (χ1n) is 10.3. The lowest BCUT2D eigenvalue weighted by Gasteiger charge is -2.16. The molecule has 2 N–H and O–H groups in total. The zero-order valence-electron chi connectivity index (χ0n) is 17.1. The number of amides is 1. The van der Waals surface area contributed by atoms with Gasteiger partial charge in [-0.3, -0.25) is 14.5 Å². The highest BCUT2D eigenvalue weighted by atomic mass is 32.2. The summed E-state index contributed by atoms with van der Waals surface area (Å²) in [7, 11) is -3.65. The SMILES string of the molecule is O=C(CCNS(=O)(=O)c1ccc2c(c1)CCCC2)Nc1ccn(Cc2ccncc2)n1. The number of hydrogen-bond donors (Lipinski definition) is 2. The number of anilines is 1. The second-order valence-corrected chi connectivity index (χ2v) is 9.35. The topological polar surface area (TPSA) is 106 Å². The third kappa shape index (κ3) is 5.56. The number of sulfonamides is 1. The van der Waals surface area contributed by atoms with Crippen LogP contribution in [0.4, 0.5) is 5.82 Å². The van der Waals surface area contributed by atoms with Crippen LogP contribution in [-0.4, -0.2) is 35.6 Å². The molecule has 2 aromatic heterocycles. The molecule has 3 aromatic rings. The quantitative estimate of drug-likeness (QED) is 0.561. The first-order chi connectivity index (χ1) is 15.0. The van der Waals surface area contributed by atoms with E-state index in [1.54, 1.807) is 41.5 Å². The third-order valence-electron chi connectivity index (χ3n) is 5.28. The van der Waals surface area contributed by atoms with Crippen LogP contribution >= 0.6 is 0 Å². The van der Waals surface area contributed by atoms with E-state index in [-0.39, 0.29) is 23.8 Å². The summed E-state index contributed by atoms with van der Waals surface area (Å²) in [5, 5.41) is 7.01. The molecule has 31 heavy (non-hydrogen) atoms. The maximum absolute atomic E-state index is 12.6. The number of aromatic nitrogens is 3. The van der Waals surface area contributed by atoms with Crippen LogP contribution in [0, 0.1) is 0 Å². The number of carbonyl (C=O) groups excluding carboxylic acids is 1. The predicted molar refractivity (Wildman–Crippen MR) is 117 cm³/mol. The van der Waals surface area contributed by atoms with E-state index in [1.165, 1.54) is 5.56 Å². The summed E-state index contributed by atoms with van der Waals surface area (Å²) in [6, 6.07) is 10.8. The number of nitrogens with one attached hydrogen (secondary N) is 2. The summed E-state index contributed by atoms with van der Waals surface area (Å²) in [4.78, 5) is 16.4. The smallest absolute Gasteiger partial charge is 0.240 e. The summed E-state index contributed by atoms with van der Waals surface area (Å²) in [6.45, 7) is 0.585. The highest BCUT2D eigenvalue weighted by Gasteiger charge is 2.18. The highest BCUT2D eigenvalue weighted by Crippen LogP contribution is 2.24. The van der Waals surface area contributed by atoms with E-state index < -0.39 is 10.0 Å². The van der Waals surface area contributed by atoms with Crippen molar-refractivity contribution in [2.75, 3.05) is 11.9 Å². The fourth-order valence-electron chi connectivity index (χ4n) is 3.66. The number of pyridine rings is 1. The molecule has 2 heterocycles. The van der Waals surface area contributed by atoms with Gasteiger partial charge in [-0.1, -0.05) is 6.07 Å². The van der Waals surface area contributed by atoms with Gasteiger partial charge < -0.3 is 5.32 Å². The van der Waals surface area contributed by atoms with Crippen LogP contribution in [0.1, 0.15) is 36.0 Å². The molecule has 0 saturated heterocycles. The van der Waals surface area contributed by atoms with Gasteiger partial charge in [0, 0.05) is 37.6 Å². The van der Waals surface area contributed by atoms with Crippen LogP contribution in [0.3, 0.4) is 0 Å². The minimum absolute atomic E-state index is 0.0153. The van der Waals surface area contributed by atoms with Crippen LogP contribution in [0.2, 0.25) is 0 Å². The van der Waals surface area contributed by atoms with Crippen molar-refractivity contribution in [3.63, 3.8) is 0 Å². The number of hydrogen-bond acceptors (Lipinski definition) is 5. The second kappa shape index (κ2) is 9.40. The summed E-state index contributed by atoms with van der Waals surface area (Å²) in [6.07, 6.45) is 9.36. The lowest BCUT2D eigenvalue weighted by atomic mass is 9.92. The summed E-state index contributed by atoms with van der Waals surface area (Å²) in [5.41, 5.74) is 3.38. The molecular formula is C22H25N5O3S. The molecule has 1 aromatic carbocycles. The van der Waals surface area contributed by atoms with Crippen molar-refractivity contribution in [1.29, 1.82) is 0 Å². The molecule has 4 rings (SSSR count). The predicted octanol–water partition coefficient (Wildman–Crippen LogP) is 2.51. The first kappa shape index (κ1) is 21.2. The molecule has 162 valence electrons. The number of rotatable bonds is 8. The van der Waals surface area contributed by atoms with E-state index in [0.717, 1.165) is 36.8 Å². The second-order valence-electron chi connectivity index (χ2n) is 7.59. The number of carbonyl (C=O) groups is 1. The van der Waals surface area contributed by atoms with E-state index in [2.05, 4.69) is 20.1 Å². The molecule has 0 spiro atoms. The molecule has 0 bridgehead atoms. The van der Waals surface area contributed by atoms with Gasteiger partial charge in [-0.05, 0) is 66.6 Å². The molecule has 0 aliphatic heterocycles. The van der Waals surface area contributed by atoms with Crippen molar-refractivity contribution in [3.05, 3.63) is 71.7 Å². The molecule has 0 fully saturated rings. The first-order valence-corrected chi connectivity index (χ1v) is 11.8. The van der Waals surface area contributed by atoms with E-state index in [1.807, 2.05) is 18.2 Å². The standard InChI is InChI=1S/C22H25N5O3S/c28-22(25-21-10-14-27(26-21)16-17-7-11-23-12-8-17)9-13-24-31(29,30)20-6-5-18-3-1-2-4-19(18)15-20/h5-8,10-12,14-15,24H,1-4,9,13,16H2,(H,25,26,28). The number of benzene rings is 1. The van der Waals surface area contributed by atoms with Crippen LogP contribution in [0.25, 0.3) is 0 Å². The zero-order chi connectivity index (χ0) is 21.7. The van der Waals surface area contributed by atoms with E-state index in [9.17, 15) is 13.2 Å². The van der Waals surface area contributed by atoms with Crippen molar-refractivity contribution in [2.24, 2.45) is 0 Å². The van der Waals surface area contributed by atoms with Crippen molar-refractivity contribution in [1.82, 2.24) is 19.5 Å². The Morgan fingerprint density at radius 2 is 1.81 bits per heavy atom. The Hall–Kier alpha value is -3.04. The maximum atomic E-state index is 12.6. The molecule has 0 radical (unpaired) electrons. The lowest BCUT2D eigenvalue weighted by Crippen LogP contribution is -2.28. The molecule has 1 amide bonds. The van der Waals surface area contributed by atoms with E-state index in [0.29, 0.717) is 12.4 Å². The van der Waals surface area contributed by atoms with Crippen LogP contribution in [0.15, 0.2) is 59.9 Å². The van der Waals surface area contributed by atoms with Crippen molar-refractivity contribution < 1.29 is 13.2 Å². The van der Waals surface area contributed by atoms with Gasteiger partial charge in [0.2, 0.25) is 15.9 Å². The summed E-state index contributed by atoms with van der Waals surface area (Å²) in [5.74, 6) is 0.124. The Kier molecular flexibility index (Phi) is 6.43. The average Bonchev–Trinajstić information content (AvgIpc) is 3.20. The Balaban J connectivity index is 1.27. The van der Waals surface area contributed by atoms with Crippen molar-refractivity contribution >= 4 is 21.7 Å². The van der Waals surface area contributed by atoms with Gasteiger partial charge in [0.25, 0.3) is 0 Å². The fourth-order valence-corrected chi connectivity index (χ4v) is 4.74. The number of nitrogens with zero attached hydrogens (tertiary/aromatic N) is 3. The summed E-state index contributed by atoms with van der Waals surface area (Å²) < 4.78 is 29.4. The normalized spacial score (nSPS) is 13.5. The molecule has 9 heteroatoms. The van der Waals surface area contributed by atoms with Crippen LogP contribution in [0.5, 0.6) is 0 Å². The van der Waals surface area contributed by atoms with Gasteiger partial charge in [-0.25, -0.2) is 13.1 Å². The van der Waals surface area contributed by atoms with E-state index >= 15 is 0 Å².